The third-order valence-electron chi connectivity index (χ3n) is 5.01. The normalized spacial score (nSPS) is 20.9. The van der Waals surface area contributed by atoms with Gasteiger partial charge in [-0.2, -0.15) is 5.26 Å². The number of aliphatic hydroxyl groups is 1. The predicted octanol–water partition coefficient (Wildman–Crippen LogP) is 1.90. The molecular formula is C18H23N3O2. The summed E-state index contributed by atoms with van der Waals surface area (Å²) in [6.07, 6.45) is 4.14. The highest BCUT2D eigenvalue weighted by molar-refractivity contribution is 5.85. The van der Waals surface area contributed by atoms with Crippen LogP contribution in [-0.2, 0) is 4.79 Å². The number of piperazine rings is 1. The first-order chi connectivity index (χ1) is 11.1. The molecular weight excluding hydrogens is 290 g/mol. The molecule has 1 aliphatic carbocycles. The van der Waals surface area contributed by atoms with Gasteiger partial charge in [0.25, 0.3) is 5.91 Å². The lowest BCUT2D eigenvalue weighted by molar-refractivity contribution is -0.155. The summed E-state index contributed by atoms with van der Waals surface area (Å²) in [6.45, 7) is 2.59. The van der Waals surface area contributed by atoms with E-state index in [0.29, 0.717) is 44.6 Å². The molecule has 0 spiro atoms. The molecule has 1 aliphatic heterocycles. The Hall–Kier alpha value is -2.06. The fourth-order valence-corrected chi connectivity index (χ4v) is 3.64. The van der Waals surface area contributed by atoms with E-state index in [1.54, 1.807) is 4.90 Å². The Bertz CT molecular complexity index is 609. The van der Waals surface area contributed by atoms with E-state index < -0.39 is 5.60 Å². The molecule has 0 aromatic heterocycles. The van der Waals surface area contributed by atoms with Gasteiger partial charge in [-0.1, -0.05) is 31.4 Å². The molecule has 23 heavy (non-hydrogen) atoms. The van der Waals surface area contributed by atoms with E-state index in [-0.39, 0.29) is 5.91 Å². The molecule has 1 saturated heterocycles. The molecule has 3 rings (SSSR count). The van der Waals surface area contributed by atoms with Gasteiger partial charge in [-0.05, 0) is 25.0 Å². The number of hydrogen-bond donors (Lipinski definition) is 1. The molecule has 1 aromatic carbocycles. The highest BCUT2D eigenvalue weighted by Crippen LogP contribution is 2.30. The molecule has 1 N–H and O–H groups in total. The van der Waals surface area contributed by atoms with Crippen LogP contribution in [0.5, 0.6) is 0 Å². The molecule has 1 amide bonds. The maximum Gasteiger partial charge on any atom is 0.254 e. The van der Waals surface area contributed by atoms with Gasteiger partial charge < -0.3 is 14.9 Å². The Kier molecular flexibility index (Phi) is 4.53. The fourth-order valence-electron chi connectivity index (χ4n) is 3.64. The number of carbonyl (C=O) groups is 1. The van der Waals surface area contributed by atoms with Crippen LogP contribution in [0.25, 0.3) is 0 Å². The summed E-state index contributed by atoms with van der Waals surface area (Å²) in [5.74, 6) is -0.106. The summed E-state index contributed by atoms with van der Waals surface area (Å²) >= 11 is 0. The van der Waals surface area contributed by atoms with Gasteiger partial charge in [0, 0.05) is 26.2 Å². The molecule has 5 nitrogen and oxygen atoms in total. The zero-order valence-electron chi connectivity index (χ0n) is 13.4. The summed E-state index contributed by atoms with van der Waals surface area (Å²) in [7, 11) is 0. The van der Waals surface area contributed by atoms with E-state index in [2.05, 4.69) is 11.0 Å². The first kappa shape index (κ1) is 15.8. The van der Waals surface area contributed by atoms with Gasteiger partial charge >= 0.3 is 0 Å². The van der Waals surface area contributed by atoms with Crippen molar-refractivity contribution >= 4 is 11.6 Å². The lowest BCUT2D eigenvalue weighted by atomic mass is 9.83. The van der Waals surface area contributed by atoms with Crippen molar-refractivity contribution in [1.82, 2.24) is 4.90 Å². The van der Waals surface area contributed by atoms with Crippen molar-refractivity contribution in [3.8, 4) is 6.07 Å². The number of amides is 1. The van der Waals surface area contributed by atoms with Crippen molar-refractivity contribution in [2.75, 3.05) is 31.1 Å². The minimum Gasteiger partial charge on any atom is -0.380 e. The highest BCUT2D eigenvalue weighted by atomic mass is 16.3. The zero-order valence-corrected chi connectivity index (χ0v) is 13.4. The van der Waals surface area contributed by atoms with E-state index in [1.807, 2.05) is 24.3 Å². The van der Waals surface area contributed by atoms with Gasteiger partial charge in [0.1, 0.15) is 11.7 Å². The van der Waals surface area contributed by atoms with Crippen molar-refractivity contribution < 1.29 is 9.90 Å². The van der Waals surface area contributed by atoms with Gasteiger partial charge in [-0.15, -0.1) is 0 Å². The summed E-state index contributed by atoms with van der Waals surface area (Å²) < 4.78 is 0. The second-order valence-corrected chi connectivity index (χ2v) is 6.50. The molecule has 122 valence electrons. The van der Waals surface area contributed by atoms with Crippen LogP contribution < -0.4 is 4.90 Å². The topological polar surface area (TPSA) is 67.6 Å². The van der Waals surface area contributed by atoms with Crippen LogP contribution in [0.1, 0.15) is 37.7 Å². The molecule has 0 bridgehead atoms. The van der Waals surface area contributed by atoms with Crippen LogP contribution in [0.4, 0.5) is 5.69 Å². The number of carbonyl (C=O) groups excluding carboxylic acids is 1. The SMILES string of the molecule is N#Cc1ccccc1N1CCN(C(=O)C2(O)CCCCC2)CC1. The molecule has 2 aliphatic rings. The maximum absolute atomic E-state index is 12.6. The van der Waals surface area contributed by atoms with Crippen molar-refractivity contribution in [3.63, 3.8) is 0 Å². The van der Waals surface area contributed by atoms with Crippen LogP contribution in [0.3, 0.4) is 0 Å². The average molecular weight is 313 g/mol. The molecule has 5 heteroatoms. The van der Waals surface area contributed by atoms with E-state index in [4.69, 9.17) is 0 Å². The average Bonchev–Trinajstić information content (AvgIpc) is 2.62. The van der Waals surface area contributed by atoms with Gasteiger partial charge in [0.05, 0.1) is 11.3 Å². The second-order valence-electron chi connectivity index (χ2n) is 6.50. The van der Waals surface area contributed by atoms with Crippen molar-refractivity contribution in [2.24, 2.45) is 0 Å². The minimum atomic E-state index is -1.15. The summed E-state index contributed by atoms with van der Waals surface area (Å²) in [5.41, 5.74) is 0.446. The highest BCUT2D eigenvalue weighted by Gasteiger charge is 2.40. The van der Waals surface area contributed by atoms with Crippen LogP contribution >= 0.6 is 0 Å². The van der Waals surface area contributed by atoms with Gasteiger partial charge in [0.15, 0.2) is 0 Å². The fraction of sp³-hybridized carbons (Fsp3) is 0.556. The molecule has 1 aromatic rings. The number of hydrogen-bond acceptors (Lipinski definition) is 4. The van der Waals surface area contributed by atoms with Gasteiger partial charge in [-0.25, -0.2) is 0 Å². The van der Waals surface area contributed by atoms with Crippen LogP contribution in [-0.4, -0.2) is 47.7 Å². The first-order valence-electron chi connectivity index (χ1n) is 8.40. The monoisotopic (exact) mass is 313 g/mol. The van der Waals surface area contributed by atoms with Crippen molar-refractivity contribution in [2.45, 2.75) is 37.7 Å². The Balaban J connectivity index is 1.64. The molecule has 1 saturated carbocycles. The van der Waals surface area contributed by atoms with Gasteiger partial charge in [-0.3, -0.25) is 4.79 Å². The molecule has 2 fully saturated rings. The Labute approximate surface area is 137 Å². The predicted molar refractivity (Wildman–Crippen MR) is 88.0 cm³/mol. The number of rotatable bonds is 2. The van der Waals surface area contributed by atoms with E-state index in [0.717, 1.165) is 24.9 Å². The van der Waals surface area contributed by atoms with E-state index in [1.165, 1.54) is 0 Å². The second kappa shape index (κ2) is 6.59. The van der Waals surface area contributed by atoms with Crippen LogP contribution in [0.2, 0.25) is 0 Å². The van der Waals surface area contributed by atoms with Gasteiger partial charge in [0.2, 0.25) is 0 Å². The third-order valence-corrected chi connectivity index (χ3v) is 5.01. The van der Waals surface area contributed by atoms with Crippen LogP contribution in [0, 0.1) is 11.3 Å². The number of anilines is 1. The number of nitriles is 1. The standard InChI is InChI=1S/C18H23N3O2/c19-14-15-6-2-3-7-16(15)20-10-12-21(13-11-20)17(22)18(23)8-4-1-5-9-18/h2-3,6-7,23H,1,4-5,8-13H2. The Morgan fingerprint density at radius 1 is 1.09 bits per heavy atom. The molecule has 1 heterocycles. The maximum atomic E-state index is 12.6. The summed E-state index contributed by atoms with van der Waals surface area (Å²) in [4.78, 5) is 16.6. The summed E-state index contributed by atoms with van der Waals surface area (Å²) in [5, 5.41) is 19.8. The number of para-hydroxylation sites is 1. The molecule has 0 unspecified atom stereocenters. The van der Waals surface area contributed by atoms with Crippen LogP contribution in [0.15, 0.2) is 24.3 Å². The number of benzene rings is 1. The minimum absolute atomic E-state index is 0.106. The smallest absolute Gasteiger partial charge is 0.254 e. The van der Waals surface area contributed by atoms with E-state index >= 15 is 0 Å². The first-order valence-corrected chi connectivity index (χ1v) is 8.40. The summed E-state index contributed by atoms with van der Waals surface area (Å²) in [6, 6.07) is 9.78. The Morgan fingerprint density at radius 2 is 1.74 bits per heavy atom. The Morgan fingerprint density at radius 3 is 2.39 bits per heavy atom. The molecule has 0 atom stereocenters. The lowest BCUT2D eigenvalue weighted by Gasteiger charge is -2.41. The van der Waals surface area contributed by atoms with E-state index in [9.17, 15) is 15.2 Å². The molecule has 0 radical (unpaired) electrons. The quantitative estimate of drug-likeness (QED) is 0.905. The lowest BCUT2D eigenvalue weighted by Crippen LogP contribution is -2.56. The number of nitrogens with zero attached hydrogens (tertiary/aromatic N) is 3. The van der Waals surface area contributed by atoms with Crippen molar-refractivity contribution in [3.05, 3.63) is 29.8 Å². The van der Waals surface area contributed by atoms with Crippen molar-refractivity contribution in [1.29, 1.82) is 5.26 Å². The largest absolute Gasteiger partial charge is 0.380 e. The zero-order chi connectivity index (χ0) is 16.3. The third kappa shape index (κ3) is 3.18.